The van der Waals surface area contributed by atoms with Gasteiger partial charge in [-0.1, -0.05) is 60.7 Å². The molecule has 2 fully saturated rings. The van der Waals surface area contributed by atoms with Crippen molar-refractivity contribution in [2.24, 2.45) is 0 Å². The molecule has 1 amide bonds. The van der Waals surface area contributed by atoms with E-state index in [9.17, 15) is 4.79 Å². The summed E-state index contributed by atoms with van der Waals surface area (Å²) in [5.41, 5.74) is 2.55. The summed E-state index contributed by atoms with van der Waals surface area (Å²) in [4.78, 5) is 13.7. The molecule has 2 aromatic rings. The SMILES string of the molecule is O=C(C1CCCN1)N1CCCC1.c1ccc(-c2ccccc2)cc1. The normalized spacial score (nSPS) is 19.7. The molecule has 1 N–H and O–H groups in total. The van der Waals surface area contributed by atoms with E-state index in [4.69, 9.17) is 0 Å². The van der Waals surface area contributed by atoms with Crippen LogP contribution in [0.4, 0.5) is 0 Å². The molecule has 0 spiro atoms. The fourth-order valence-corrected chi connectivity index (χ4v) is 3.31. The molecule has 0 aliphatic carbocycles. The molecular formula is C21H26N2O. The van der Waals surface area contributed by atoms with Crippen LogP contribution in [0.15, 0.2) is 60.7 Å². The molecule has 0 radical (unpaired) electrons. The first-order valence-corrected chi connectivity index (χ1v) is 8.97. The van der Waals surface area contributed by atoms with E-state index in [0.717, 1.165) is 32.5 Å². The second-order valence-corrected chi connectivity index (χ2v) is 6.41. The standard InChI is InChI=1S/C12H10.C9H16N2O/c1-3-7-11(8-4-1)12-9-5-2-6-10-12;12-9(8-4-3-5-10-8)11-6-1-2-7-11/h1-10H;8,10H,1-7H2. The Bertz CT molecular complexity index is 559. The van der Waals surface area contributed by atoms with E-state index in [0.29, 0.717) is 5.91 Å². The van der Waals surface area contributed by atoms with E-state index in [1.807, 2.05) is 17.0 Å². The zero-order valence-corrected chi connectivity index (χ0v) is 14.2. The van der Waals surface area contributed by atoms with Crippen LogP contribution in [0.25, 0.3) is 11.1 Å². The molecule has 2 aromatic carbocycles. The van der Waals surface area contributed by atoms with Gasteiger partial charge in [0.25, 0.3) is 0 Å². The van der Waals surface area contributed by atoms with Crippen molar-refractivity contribution in [2.45, 2.75) is 31.7 Å². The second kappa shape index (κ2) is 8.65. The van der Waals surface area contributed by atoms with Crippen molar-refractivity contribution < 1.29 is 4.79 Å². The Morgan fingerprint density at radius 1 is 0.833 bits per heavy atom. The number of hydrogen-bond donors (Lipinski definition) is 1. The third kappa shape index (κ3) is 4.45. The lowest BCUT2D eigenvalue weighted by Crippen LogP contribution is -2.42. The molecule has 1 unspecified atom stereocenters. The Morgan fingerprint density at radius 2 is 1.38 bits per heavy atom. The van der Waals surface area contributed by atoms with Gasteiger partial charge < -0.3 is 10.2 Å². The highest BCUT2D eigenvalue weighted by molar-refractivity contribution is 5.82. The molecule has 2 heterocycles. The lowest BCUT2D eigenvalue weighted by molar-refractivity contribution is -0.131. The van der Waals surface area contributed by atoms with Crippen LogP contribution < -0.4 is 5.32 Å². The minimum Gasteiger partial charge on any atom is -0.341 e. The third-order valence-electron chi connectivity index (χ3n) is 4.66. The monoisotopic (exact) mass is 322 g/mol. The average molecular weight is 322 g/mol. The first kappa shape index (κ1) is 16.7. The number of nitrogens with zero attached hydrogens (tertiary/aromatic N) is 1. The summed E-state index contributed by atoms with van der Waals surface area (Å²) >= 11 is 0. The molecule has 126 valence electrons. The van der Waals surface area contributed by atoms with Gasteiger partial charge in [0.15, 0.2) is 0 Å². The summed E-state index contributed by atoms with van der Waals surface area (Å²) in [6.07, 6.45) is 4.58. The quantitative estimate of drug-likeness (QED) is 0.914. The topological polar surface area (TPSA) is 32.3 Å². The lowest BCUT2D eigenvalue weighted by atomic mass is 10.1. The lowest BCUT2D eigenvalue weighted by Gasteiger charge is -2.19. The minimum atomic E-state index is 0.142. The predicted molar refractivity (Wildman–Crippen MR) is 98.7 cm³/mol. The van der Waals surface area contributed by atoms with Gasteiger partial charge in [0.05, 0.1) is 6.04 Å². The molecule has 3 nitrogen and oxygen atoms in total. The van der Waals surface area contributed by atoms with E-state index in [2.05, 4.69) is 53.8 Å². The molecule has 2 saturated heterocycles. The predicted octanol–water partition coefficient (Wildman–Crippen LogP) is 3.71. The van der Waals surface area contributed by atoms with Crippen molar-refractivity contribution in [3.05, 3.63) is 60.7 Å². The van der Waals surface area contributed by atoms with Crippen molar-refractivity contribution in [2.75, 3.05) is 19.6 Å². The second-order valence-electron chi connectivity index (χ2n) is 6.41. The fraction of sp³-hybridized carbons (Fsp3) is 0.381. The molecule has 0 aromatic heterocycles. The van der Waals surface area contributed by atoms with Crippen LogP contribution in [-0.2, 0) is 4.79 Å². The Morgan fingerprint density at radius 3 is 1.83 bits per heavy atom. The first-order chi connectivity index (χ1) is 11.8. The van der Waals surface area contributed by atoms with Crippen LogP contribution in [0.1, 0.15) is 25.7 Å². The van der Waals surface area contributed by atoms with Gasteiger partial charge in [-0.15, -0.1) is 0 Å². The maximum atomic E-state index is 11.7. The van der Waals surface area contributed by atoms with Crippen molar-refractivity contribution in [3.8, 4) is 11.1 Å². The van der Waals surface area contributed by atoms with E-state index >= 15 is 0 Å². The number of hydrogen-bond acceptors (Lipinski definition) is 2. The molecule has 1 atom stereocenters. The zero-order valence-electron chi connectivity index (χ0n) is 14.2. The Hall–Kier alpha value is -2.13. The highest BCUT2D eigenvalue weighted by Crippen LogP contribution is 2.17. The highest BCUT2D eigenvalue weighted by atomic mass is 16.2. The van der Waals surface area contributed by atoms with Crippen molar-refractivity contribution in [1.29, 1.82) is 0 Å². The third-order valence-corrected chi connectivity index (χ3v) is 4.66. The smallest absolute Gasteiger partial charge is 0.239 e. The van der Waals surface area contributed by atoms with E-state index in [-0.39, 0.29) is 6.04 Å². The molecule has 24 heavy (non-hydrogen) atoms. The van der Waals surface area contributed by atoms with Crippen LogP contribution in [0.3, 0.4) is 0 Å². The molecule has 4 rings (SSSR count). The maximum Gasteiger partial charge on any atom is 0.239 e. The van der Waals surface area contributed by atoms with Crippen molar-refractivity contribution in [3.63, 3.8) is 0 Å². The van der Waals surface area contributed by atoms with Gasteiger partial charge in [-0.2, -0.15) is 0 Å². The van der Waals surface area contributed by atoms with Crippen molar-refractivity contribution >= 4 is 5.91 Å². The number of carbonyl (C=O) groups is 1. The first-order valence-electron chi connectivity index (χ1n) is 8.97. The summed E-state index contributed by atoms with van der Waals surface area (Å²) < 4.78 is 0. The van der Waals surface area contributed by atoms with Gasteiger partial charge in [0, 0.05) is 13.1 Å². The Labute approximate surface area is 144 Å². The van der Waals surface area contributed by atoms with Crippen molar-refractivity contribution in [1.82, 2.24) is 10.2 Å². The van der Waals surface area contributed by atoms with Gasteiger partial charge in [0.1, 0.15) is 0 Å². The molecule has 2 aliphatic rings. The summed E-state index contributed by atoms with van der Waals surface area (Å²) in [6, 6.07) is 20.9. The van der Waals surface area contributed by atoms with Crippen LogP contribution in [0.2, 0.25) is 0 Å². The zero-order chi connectivity index (χ0) is 16.6. The Kier molecular flexibility index (Phi) is 6.02. The number of amides is 1. The number of nitrogens with one attached hydrogen (secondary N) is 1. The fourth-order valence-electron chi connectivity index (χ4n) is 3.31. The van der Waals surface area contributed by atoms with Gasteiger partial charge in [-0.25, -0.2) is 0 Å². The highest BCUT2D eigenvalue weighted by Gasteiger charge is 2.27. The van der Waals surface area contributed by atoms with Crippen LogP contribution >= 0.6 is 0 Å². The molecular weight excluding hydrogens is 296 g/mol. The number of rotatable bonds is 2. The van der Waals surface area contributed by atoms with Crippen LogP contribution in [0.5, 0.6) is 0 Å². The minimum absolute atomic E-state index is 0.142. The number of likely N-dealkylation sites (tertiary alicyclic amines) is 1. The summed E-state index contributed by atoms with van der Waals surface area (Å²) in [5, 5.41) is 3.24. The van der Waals surface area contributed by atoms with Gasteiger partial charge >= 0.3 is 0 Å². The molecule has 2 aliphatic heterocycles. The van der Waals surface area contributed by atoms with Gasteiger partial charge in [0.2, 0.25) is 5.91 Å². The van der Waals surface area contributed by atoms with Crippen LogP contribution in [0, 0.1) is 0 Å². The largest absolute Gasteiger partial charge is 0.341 e. The van der Waals surface area contributed by atoms with E-state index in [1.165, 1.54) is 24.0 Å². The van der Waals surface area contributed by atoms with Crippen LogP contribution in [-0.4, -0.2) is 36.5 Å². The van der Waals surface area contributed by atoms with E-state index < -0.39 is 0 Å². The molecule has 0 saturated carbocycles. The van der Waals surface area contributed by atoms with E-state index in [1.54, 1.807) is 0 Å². The van der Waals surface area contributed by atoms with Gasteiger partial charge in [-0.3, -0.25) is 4.79 Å². The molecule has 0 bridgehead atoms. The summed E-state index contributed by atoms with van der Waals surface area (Å²) in [7, 11) is 0. The number of benzene rings is 2. The Balaban J connectivity index is 0.000000141. The van der Waals surface area contributed by atoms with Gasteiger partial charge in [-0.05, 0) is 43.4 Å². The maximum absolute atomic E-state index is 11.7. The summed E-state index contributed by atoms with van der Waals surface area (Å²) in [6.45, 7) is 2.98. The molecule has 3 heteroatoms. The average Bonchev–Trinajstić information content (AvgIpc) is 3.37. The summed E-state index contributed by atoms with van der Waals surface area (Å²) in [5.74, 6) is 0.338. The number of carbonyl (C=O) groups excluding carboxylic acids is 1.